The molecule has 2 fully saturated rings. The molecule has 2 aliphatic rings. The van der Waals surface area contributed by atoms with Crippen LogP contribution in [0.25, 0.3) is 0 Å². The molecule has 3 aromatic carbocycles. The minimum Gasteiger partial charge on any atom is -0.384 e. The lowest BCUT2D eigenvalue weighted by atomic mass is 9.85. The fraction of sp³-hybridized carbons (Fsp3) is 0.357. The molecule has 0 spiro atoms. The minimum atomic E-state index is -1.38. The second-order valence-corrected chi connectivity index (χ2v) is 8.92. The Bertz CT molecular complexity index is 1030. The second kappa shape index (κ2) is 10.4. The van der Waals surface area contributed by atoms with Crippen LogP contribution in [0.2, 0.25) is 0 Å². The molecule has 0 saturated carbocycles. The number of fused-ring (bicyclic) bond motifs is 1. The monoisotopic (exact) mass is 462 g/mol. The van der Waals surface area contributed by atoms with Gasteiger partial charge >= 0.3 is 0 Å². The smallest absolute Gasteiger partial charge is 0.187 e. The van der Waals surface area contributed by atoms with Gasteiger partial charge < -0.3 is 28.8 Å². The van der Waals surface area contributed by atoms with Gasteiger partial charge in [0.15, 0.2) is 12.6 Å². The third-order valence-electron chi connectivity index (χ3n) is 6.33. The summed E-state index contributed by atoms with van der Waals surface area (Å²) in [7, 11) is 0. The highest BCUT2D eigenvalue weighted by atomic mass is 16.8. The average Bonchev–Trinajstić information content (AvgIpc) is 2.88. The van der Waals surface area contributed by atoms with Crippen molar-refractivity contribution in [1.29, 1.82) is 0 Å². The van der Waals surface area contributed by atoms with E-state index in [1.807, 2.05) is 91.0 Å². The van der Waals surface area contributed by atoms with Crippen molar-refractivity contribution in [2.24, 2.45) is 0 Å². The highest BCUT2D eigenvalue weighted by Crippen LogP contribution is 2.41. The summed E-state index contributed by atoms with van der Waals surface area (Å²) in [6.45, 7) is 2.65. The quantitative estimate of drug-likeness (QED) is 0.562. The van der Waals surface area contributed by atoms with E-state index in [0.29, 0.717) is 13.2 Å². The van der Waals surface area contributed by atoms with E-state index in [1.54, 1.807) is 6.92 Å². The lowest BCUT2D eigenvalue weighted by molar-refractivity contribution is -0.390. The van der Waals surface area contributed by atoms with E-state index in [-0.39, 0.29) is 6.61 Å². The van der Waals surface area contributed by atoms with Crippen LogP contribution in [0.5, 0.6) is 0 Å². The molecule has 0 bridgehead atoms. The van der Waals surface area contributed by atoms with Crippen molar-refractivity contribution in [1.82, 2.24) is 0 Å². The van der Waals surface area contributed by atoms with Crippen molar-refractivity contribution in [2.75, 3.05) is 6.61 Å². The molecular weight excluding hydrogens is 432 g/mol. The van der Waals surface area contributed by atoms with Crippen LogP contribution in [0.4, 0.5) is 0 Å². The van der Waals surface area contributed by atoms with Gasteiger partial charge in [0.2, 0.25) is 0 Å². The van der Waals surface area contributed by atoms with Crippen molar-refractivity contribution in [3.63, 3.8) is 0 Å². The summed E-state index contributed by atoms with van der Waals surface area (Å²) in [5, 5.41) is 11.8. The van der Waals surface area contributed by atoms with Crippen molar-refractivity contribution < 1.29 is 28.8 Å². The predicted octanol–water partition coefficient (Wildman–Crippen LogP) is 4.38. The predicted molar refractivity (Wildman–Crippen MR) is 126 cm³/mol. The maximum absolute atomic E-state index is 11.8. The van der Waals surface area contributed by atoms with Gasteiger partial charge in [-0.1, -0.05) is 91.0 Å². The van der Waals surface area contributed by atoms with Gasteiger partial charge in [-0.15, -0.1) is 0 Å². The molecule has 0 aliphatic carbocycles. The van der Waals surface area contributed by atoms with Gasteiger partial charge in [0.05, 0.1) is 19.8 Å². The van der Waals surface area contributed by atoms with Gasteiger partial charge in [-0.2, -0.15) is 0 Å². The first-order valence-corrected chi connectivity index (χ1v) is 11.6. The molecule has 1 N–H and O–H groups in total. The molecule has 3 aromatic rings. The molecule has 2 saturated heterocycles. The Hall–Kier alpha value is -2.58. The maximum atomic E-state index is 11.8. The van der Waals surface area contributed by atoms with E-state index in [2.05, 4.69) is 0 Å². The lowest BCUT2D eigenvalue weighted by Gasteiger charge is -2.52. The number of hydrogen-bond donors (Lipinski definition) is 1. The molecule has 5 rings (SSSR count). The van der Waals surface area contributed by atoms with E-state index >= 15 is 0 Å². The highest BCUT2D eigenvalue weighted by molar-refractivity contribution is 5.18. The number of aliphatic hydroxyl groups is 1. The molecule has 0 aromatic heterocycles. The lowest BCUT2D eigenvalue weighted by Crippen LogP contribution is -2.69. The Morgan fingerprint density at radius 3 is 1.97 bits per heavy atom. The molecule has 6 atom stereocenters. The van der Waals surface area contributed by atoms with Gasteiger partial charge in [0.25, 0.3) is 0 Å². The van der Waals surface area contributed by atoms with E-state index in [9.17, 15) is 5.11 Å². The van der Waals surface area contributed by atoms with Crippen LogP contribution in [0.1, 0.15) is 29.9 Å². The second-order valence-electron chi connectivity index (χ2n) is 8.92. The van der Waals surface area contributed by atoms with Crippen LogP contribution in [-0.2, 0) is 36.9 Å². The van der Waals surface area contributed by atoms with Crippen LogP contribution < -0.4 is 0 Å². The van der Waals surface area contributed by atoms with Crippen LogP contribution in [0.3, 0.4) is 0 Å². The molecule has 2 heterocycles. The molecule has 2 unspecified atom stereocenters. The Morgan fingerprint density at radius 2 is 1.35 bits per heavy atom. The average molecular weight is 463 g/mol. The fourth-order valence-electron chi connectivity index (χ4n) is 4.51. The van der Waals surface area contributed by atoms with Crippen LogP contribution >= 0.6 is 0 Å². The Kier molecular flexibility index (Phi) is 7.06. The van der Waals surface area contributed by atoms with Crippen molar-refractivity contribution in [3.8, 4) is 0 Å². The molecule has 2 aliphatic heterocycles. The minimum absolute atomic E-state index is 0.275. The molecular formula is C28H30O6. The normalized spacial score (nSPS) is 31.1. The molecule has 0 amide bonds. The highest BCUT2D eigenvalue weighted by Gasteiger charge is 2.57. The zero-order valence-electron chi connectivity index (χ0n) is 19.2. The van der Waals surface area contributed by atoms with E-state index in [4.69, 9.17) is 23.7 Å². The van der Waals surface area contributed by atoms with Gasteiger partial charge in [0, 0.05) is 5.56 Å². The van der Waals surface area contributed by atoms with Gasteiger partial charge in [-0.25, -0.2) is 0 Å². The van der Waals surface area contributed by atoms with Crippen LogP contribution in [-0.4, -0.2) is 41.9 Å². The van der Waals surface area contributed by atoms with Crippen LogP contribution in [0.15, 0.2) is 91.0 Å². The first-order chi connectivity index (χ1) is 16.6. The standard InChI is InChI=1S/C28H30O6/c1-28(29)24-23(19-32-26(34-24)22-15-9-4-10-16-22)33-27(31-18-21-13-7-3-8-14-21)25(28)30-17-20-11-5-2-6-12-20/h2-16,23-27,29H,17-19H2,1H3/t23-,24?,25-,26?,27+,28+/m1/s1. The van der Waals surface area contributed by atoms with Gasteiger partial charge in [0.1, 0.15) is 23.9 Å². The SMILES string of the molecule is C[C@]1(O)C2OC(c3ccccc3)OC[C@H]2O[C@H](OCc2ccccc2)[C@H]1OCc1ccccc1. The van der Waals surface area contributed by atoms with Gasteiger partial charge in [-0.05, 0) is 18.1 Å². The summed E-state index contributed by atoms with van der Waals surface area (Å²) in [6, 6.07) is 29.4. The summed E-state index contributed by atoms with van der Waals surface area (Å²) < 4.78 is 30.9. The summed E-state index contributed by atoms with van der Waals surface area (Å²) >= 11 is 0. The summed E-state index contributed by atoms with van der Waals surface area (Å²) in [6.07, 6.45) is -3.29. The molecule has 178 valence electrons. The first-order valence-electron chi connectivity index (χ1n) is 11.6. The zero-order chi connectivity index (χ0) is 23.4. The number of benzene rings is 3. The van der Waals surface area contributed by atoms with Gasteiger partial charge in [-0.3, -0.25) is 0 Å². The Balaban J connectivity index is 1.36. The zero-order valence-corrected chi connectivity index (χ0v) is 19.2. The van der Waals surface area contributed by atoms with Crippen molar-refractivity contribution in [2.45, 2.75) is 56.6 Å². The number of ether oxygens (including phenoxy) is 5. The van der Waals surface area contributed by atoms with Crippen molar-refractivity contribution >= 4 is 0 Å². The van der Waals surface area contributed by atoms with E-state index in [0.717, 1.165) is 16.7 Å². The van der Waals surface area contributed by atoms with E-state index < -0.39 is 36.5 Å². The summed E-state index contributed by atoms with van der Waals surface area (Å²) in [5.41, 5.74) is 1.52. The number of rotatable bonds is 7. The summed E-state index contributed by atoms with van der Waals surface area (Å²) in [4.78, 5) is 0. The summed E-state index contributed by atoms with van der Waals surface area (Å²) in [5.74, 6) is 0. The maximum Gasteiger partial charge on any atom is 0.187 e. The topological polar surface area (TPSA) is 66.4 Å². The fourth-order valence-corrected chi connectivity index (χ4v) is 4.51. The largest absolute Gasteiger partial charge is 0.384 e. The van der Waals surface area contributed by atoms with Crippen LogP contribution in [0, 0.1) is 0 Å². The third kappa shape index (κ3) is 5.08. The number of hydrogen-bond acceptors (Lipinski definition) is 6. The Labute approximate surface area is 200 Å². The molecule has 0 radical (unpaired) electrons. The molecule has 6 heteroatoms. The third-order valence-corrected chi connectivity index (χ3v) is 6.33. The van der Waals surface area contributed by atoms with E-state index in [1.165, 1.54) is 0 Å². The molecule has 34 heavy (non-hydrogen) atoms. The molecule has 6 nitrogen and oxygen atoms in total. The first kappa shape index (κ1) is 23.2. The Morgan fingerprint density at radius 1 is 0.794 bits per heavy atom. The van der Waals surface area contributed by atoms with Crippen molar-refractivity contribution in [3.05, 3.63) is 108 Å².